The molecule has 3 atom stereocenters. The number of rotatable bonds is 6. The van der Waals surface area contributed by atoms with Gasteiger partial charge in [0.05, 0.1) is 5.69 Å². The van der Waals surface area contributed by atoms with Gasteiger partial charge >= 0.3 is 0 Å². The number of fused-ring (bicyclic) bond motifs is 1. The second-order valence-electron chi connectivity index (χ2n) is 9.97. The van der Waals surface area contributed by atoms with E-state index < -0.39 is 0 Å². The summed E-state index contributed by atoms with van der Waals surface area (Å²) in [6.07, 6.45) is 9.72. The van der Waals surface area contributed by atoms with Crippen molar-refractivity contribution in [3.63, 3.8) is 0 Å². The molecule has 5 rings (SSSR count). The van der Waals surface area contributed by atoms with Crippen molar-refractivity contribution >= 4 is 11.6 Å². The molecule has 2 heterocycles. The van der Waals surface area contributed by atoms with Gasteiger partial charge in [-0.15, -0.1) is 10.2 Å². The molecule has 170 valence electrons. The number of benzene rings is 1. The smallest absolute Gasteiger partial charge is 0.233 e. The van der Waals surface area contributed by atoms with Gasteiger partial charge in [0, 0.05) is 43.9 Å². The van der Waals surface area contributed by atoms with Gasteiger partial charge in [0.1, 0.15) is 6.10 Å². The second-order valence-corrected chi connectivity index (χ2v) is 9.97. The Balaban J connectivity index is 1.11. The van der Waals surface area contributed by atoms with Crippen LogP contribution in [0.4, 0.5) is 5.69 Å². The molecule has 2 aliphatic carbocycles. The maximum Gasteiger partial charge on any atom is 0.233 e. The van der Waals surface area contributed by atoms with Crippen LogP contribution in [0.15, 0.2) is 36.4 Å². The first kappa shape index (κ1) is 21.4. The van der Waals surface area contributed by atoms with Crippen LogP contribution >= 0.6 is 0 Å². The molecule has 1 aliphatic heterocycles. The average molecular weight is 435 g/mol. The Bertz CT molecular complexity index is 894. The van der Waals surface area contributed by atoms with E-state index in [9.17, 15) is 4.79 Å². The van der Waals surface area contributed by atoms with Crippen molar-refractivity contribution < 1.29 is 9.53 Å². The minimum Gasteiger partial charge on any atom is -0.473 e. The molecule has 3 aliphatic rings. The molecule has 6 nitrogen and oxygen atoms in total. The molecule has 0 unspecified atom stereocenters. The fourth-order valence-electron chi connectivity index (χ4n) is 5.96. The molecule has 1 N–H and O–H groups in total. The quantitative estimate of drug-likeness (QED) is 0.709. The van der Waals surface area contributed by atoms with Gasteiger partial charge in [-0.05, 0) is 61.6 Å². The number of nitrogens with zero attached hydrogens (tertiary/aromatic N) is 3. The van der Waals surface area contributed by atoms with E-state index in [4.69, 9.17) is 4.74 Å². The molecular weight excluding hydrogens is 400 g/mol. The Kier molecular flexibility index (Phi) is 6.39. The monoisotopic (exact) mass is 434 g/mol. The van der Waals surface area contributed by atoms with E-state index in [0.717, 1.165) is 47.5 Å². The number of aromatic nitrogens is 2. The van der Waals surface area contributed by atoms with E-state index in [1.165, 1.54) is 58.7 Å². The number of carbonyl (C=O) groups excluding carboxylic acids is 1. The van der Waals surface area contributed by atoms with E-state index in [1.807, 2.05) is 36.4 Å². The molecule has 1 aromatic heterocycles. The van der Waals surface area contributed by atoms with Crippen LogP contribution in [0, 0.1) is 17.8 Å². The Morgan fingerprint density at radius 1 is 1.00 bits per heavy atom. The van der Waals surface area contributed by atoms with Crippen molar-refractivity contribution in [3.05, 3.63) is 36.4 Å². The van der Waals surface area contributed by atoms with E-state index in [0.29, 0.717) is 5.88 Å². The van der Waals surface area contributed by atoms with Gasteiger partial charge in [-0.25, -0.2) is 0 Å². The van der Waals surface area contributed by atoms with Crippen molar-refractivity contribution in [2.24, 2.45) is 17.8 Å². The highest BCUT2D eigenvalue weighted by Crippen LogP contribution is 2.40. The summed E-state index contributed by atoms with van der Waals surface area (Å²) in [6, 6.07) is 11.5. The lowest BCUT2D eigenvalue weighted by Crippen LogP contribution is -2.30. The normalized spacial score (nSPS) is 26.1. The molecular formula is C26H34N4O2. The van der Waals surface area contributed by atoms with E-state index in [-0.39, 0.29) is 12.0 Å². The standard InChI is InChI=1S/C26H34N4O2/c1-18(31)27-23-9-7-20(8-10-23)25-11-12-26(29-28-25)32-24-13-21-16-30(17-22(21)14-24)15-19-5-3-2-4-6-19/h7-12,19,21-22,24H,2-6,13-17H2,1H3,(H,27,31)/t21-,22+,24+. The van der Waals surface area contributed by atoms with Crippen molar-refractivity contribution in [2.45, 2.75) is 58.0 Å². The zero-order valence-electron chi connectivity index (χ0n) is 19.0. The molecule has 1 saturated heterocycles. The molecule has 2 aromatic rings. The predicted molar refractivity (Wildman–Crippen MR) is 125 cm³/mol. The molecule has 32 heavy (non-hydrogen) atoms. The molecule has 1 amide bonds. The Morgan fingerprint density at radius 2 is 1.72 bits per heavy atom. The maximum atomic E-state index is 11.2. The zero-order chi connectivity index (χ0) is 21.9. The summed E-state index contributed by atoms with van der Waals surface area (Å²) < 4.78 is 6.21. The number of hydrogen-bond donors (Lipinski definition) is 1. The number of ether oxygens (including phenoxy) is 1. The summed E-state index contributed by atoms with van der Waals surface area (Å²) in [5.41, 5.74) is 2.54. The van der Waals surface area contributed by atoms with Gasteiger partial charge in [-0.3, -0.25) is 4.79 Å². The van der Waals surface area contributed by atoms with E-state index in [1.54, 1.807) is 0 Å². The van der Waals surface area contributed by atoms with Crippen LogP contribution in [-0.2, 0) is 4.79 Å². The van der Waals surface area contributed by atoms with Crippen molar-refractivity contribution in [1.29, 1.82) is 0 Å². The highest BCUT2D eigenvalue weighted by molar-refractivity contribution is 5.88. The first-order valence-corrected chi connectivity index (χ1v) is 12.2. The van der Waals surface area contributed by atoms with Gasteiger partial charge in [0.2, 0.25) is 11.8 Å². The summed E-state index contributed by atoms with van der Waals surface area (Å²) in [6.45, 7) is 5.32. The predicted octanol–water partition coefficient (Wildman–Crippen LogP) is 4.77. The molecule has 1 aromatic carbocycles. The first-order chi connectivity index (χ1) is 15.6. The molecule has 3 fully saturated rings. The van der Waals surface area contributed by atoms with Crippen LogP contribution < -0.4 is 10.1 Å². The van der Waals surface area contributed by atoms with Crippen LogP contribution in [0.25, 0.3) is 11.3 Å². The summed E-state index contributed by atoms with van der Waals surface area (Å²) in [5.74, 6) is 3.03. The summed E-state index contributed by atoms with van der Waals surface area (Å²) in [7, 11) is 0. The number of hydrogen-bond acceptors (Lipinski definition) is 5. The summed E-state index contributed by atoms with van der Waals surface area (Å²) in [4.78, 5) is 13.9. The number of anilines is 1. The average Bonchev–Trinajstić information content (AvgIpc) is 3.33. The van der Waals surface area contributed by atoms with Crippen LogP contribution in [-0.4, -0.2) is 46.7 Å². The van der Waals surface area contributed by atoms with E-state index >= 15 is 0 Å². The minimum absolute atomic E-state index is 0.0768. The zero-order valence-corrected chi connectivity index (χ0v) is 19.0. The highest BCUT2D eigenvalue weighted by atomic mass is 16.5. The Hall–Kier alpha value is -2.47. The largest absolute Gasteiger partial charge is 0.473 e. The molecule has 0 bridgehead atoms. The maximum absolute atomic E-state index is 11.2. The third-order valence-electron chi connectivity index (χ3n) is 7.45. The second kappa shape index (κ2) is 9.57. The van der Waals surface area contributed by atoms with E-state index in [2.05, 4.69) is 20.4 Å². The molecule has 2 saturated carbocycles. The fourth-order valence-corrected chi connectivity index (χ4v) is 5.96. The third-order valence-corrected chi connectivity index (χ3v) is 7.45. The van der Waals surface area contributed by atoms with Crippen molar-refractivity contribution in [2.75, 3.05) is 25.0 Å². The van der Waals surface area contributed by atoms with Gasteiger partial charge in [-0.1, -0.05) is 31.4 Å². The number of likely N-dealkylation sites (tertiary alicyclic amines) is 1. The van der Waals surface area contributed by atoms with Gasteiger partial charge in [0.15, 0.2) is 0 Å². The van der Waals surface area contributed by atoms with Crippen LogP contribution in [0.2, 0.25) is 0 Å². The number of amides is 1. The Labute approximate surface area is 190 Å². The van der Waals surface area contributed by atoms with Gasteiger partial charge in [0.25, 0.3) is 0 Å². The van der Waals surface area contributed by atoms with Gasteiger partial charge in [-0.2, -0.15) is 0 Å². The summed E-state index contributed by atoms with van der Waals surface area (Å²) >= 11 is 0. The van der Waals surface area contributed by atoms with Crippen LogP contribution in [0.5, 0.6) is 5.88 Å². The lowest BCUT2D eigenvalue weighted by Gasteiger charge is -2.27. The van der Waals surface area contributed by atoms with Crippen LogP contribution in [0.1, 0.15) is 51.9 Å². The first-order valence-electron chi connectivity index (χ1n) is 12.2. The van der Waals surface area contributed by atoms with Crippen molar-refractivity contribution in [1.82, 2.24) is 15.1 Å². The number of nitrogens with one attached hydrogen (secondary N) is 1. The fraction of sp³-hybridized carbons (Fsp3) is 0.577. The lowest BCUT2D eigenvalue weighted by atomic mass is 9.89. The van der Waals surface area contributed by atoms with Crippen LogP contribution in [0.3, 0.4) is 0 Å². The third kappa shape index (κ3) is 5.12. The topological polar surface area (TPSA) is 67.3 Å². The molecule has 0 radical (unpaired) electrons. The van der Waals surface area contributed by atoms with Gasteiger partial charge < -0.3 is 15.0 Å². The Morgan fingerprint density at radius 3 is 2.34 bits per heavy atom. The highest BCUT2D eigenvalue weighted by Gasteiger charge is 2.42. The molecule has 0 spiro atoms. The lowest BCUT2D eigenvalue weighted by molar-refractivity contribution is -0.114. The minimum atomic E-state index is -0.0768. The SMILES string of the molecule is CC(=O)Nc1ccc(-c2ccc(O[C@H]3C[C@@H]4CN(CC5CCCCC5)C[C@@H]4C3)nn2)cc1. The number of carbonyl (C=O) groups is 1. The van der Waals surface area contributed by atoms with Crippen molar-refractivity contribution in [3.8, 4) is 17.1 Å². The summed E-state index contributed by atoms with van der Waals surface area (Å²) in [5, 5.41) is 11.5. The molecule has 6 heteroatoms.